The first-order valence-corrected chi connectivity index (χ1v) is 20.7. The number of para-hydroxylation sites is 6. The van der Waals surface area contributed by atoms with E-state index >= 15 is 0 Å². The number of benzene rings is 9. The van der Waals surface area contributed by atoms with Crippen molar-refractivity contribution in [1.82, 2.24) is 24.1 Å². The van der Waals surface area contributed by atoms with Crippen molar-refractivity contribution < 1.29 is 12.6 Å². The molecule has 0 saturated heterocycles. The minimum Gasteiger partial charge on any atom is -0.455 e. The Kier molecular flexibility index (Phi) is 6.56. The zero-order valence-corrected chi connectivity index (χ0v) is 33.4. The zero-order chi connectivity index (χ0) is 46.7. The molecule has 0 fully saturated rings. The van der Waals surface area contributed by atoms with Gasteiger partial charge in [-0.25, -0.2) is 4.98 Å². The molecular formula is C57H35N5O. The molecular weight excluding hydrogens is 771 g/mol. The van der Waals surface area contributed by atoms with Crippen LogP contribution in [0.4, 0.5) is 0 Å². The van der Waals surface area contributed by atoms with Crippen molar-refractivity contribution in [3.63, 3.8) is 0 Å². The van der Waals surface area contributed by atoms with E-state index in [2.05, 4.69) is 63.7 Å². The van der Waals surface area contributed by atoms with Gasteiger partial charge in [0, 0.05) is 54.6 Å². The molecule has 63 heavy (non-hydrogen) atoms. The van der Waals surface area contributed by atoms with Crippen LogP contribution in [-0.2, 0) is 0 Å². The van der Waals surface area contributed by atoms with Crippen molar-refractivity contribution in [3.05, 3.63) is 212 Å². The van der Waals surface area contributed by atoms with E-state index in [4.69, 9.17) is 23.5 Å². The van der Waals surface area contributed by atoms with Gasteiger partial charge in [-0.2, -0.15) is 9.97 Å². The van der Waals surface area contributed by atoms with E-state index in [1.54, 1.807) is 0 Å². The Bertz CT molecular complexity index is 4220. The van der Waals surface area contributed by atoms with Gasteiger partial charge in [0.1, 0.15) is 11.2 Å². The molecule has 4 heterocycles. The summed E-state index contributed by atoms with van der Waals surface area (Å²) >= 11 is 0. The Balaban J connectivity index is 1.18. The predicted octanol–water partition coefficient (Wildman–Crippen LogP) is 14.6. The second-order valence-electron chi connectivity index (χ2n) is 15.5. The Hall–Kier alpha value is -8.61. The van der Waals surface area contributed by atoms with Crippen LogP contribution < -0.4 is 0 Å². The number of rotatable bonds is 6. The highest BCUT2D eigenvalue weighted by Crippen LogP contribution is 2.44. The van der Waals surface area contributed by atoms with Gasteiger partial charge in [-0.05, 0) is 47.5 Å². The first-order chi connectivity index (χ1) is 33.7. The molecule has 0 aliphatic carbocycles. The molecule has 0 radical (unpaired) electrons. The third-order valence-corrected chi connectivity index (χ3v) is 12.0. The van der Waals surface area contributed by atoms with Crippen LogP contribution in [-0.4, -0.2) is 24.1 Å². The van der Waals surface area contributed by atoms with Gasteiger partial charge in [-0.3, -0.25) is 4.57 Å². The molecule has 0 bridgehead atoms. The van der Waals surface area contributed by atoms with Gasteiger partial charge >= 0.3 is 0 Å². The molecule has 6 heteroatoms. The van der Waals surface area contributed by atoms with Gasteiger partial charge in [0.25, 0.3) is 0 Å². The smallest absolute Gasteiger partial charge is 0.238 e. The van der Waals surface area contributed by atoms with E-state index < -0.39 is 0 Å². The average Bonchev–Trinajstić information content (AvgIpc) is 4.06. The summed E-state index contributed by atoms with van der Waals surface area (Å²) in [6.45, 7) is 0. The van der Waals surface area contributed by atoms with E-state index in [1.165, 1.54) is 6.07 Å². The highest BCUT2D eigenvalue weighted by atomic mass is 16.3. The van der Waals surface area contributed by atoms with Crippen LogP contribution in [0.15, 0.2) is 217 Å². The van der Waals surface area contributed by atoms with E-state index in [0.29, 0.717) is 34.4 Å². The van der Waals surface area contributed by atoms with Crippen molar-refractivity contribution in [3.8, 4) is 56.7 Å². The maximum Gasteiger partial charge on any atom is 0.238 e. The fourth-order valence-corrected chi connectivity index (χ4v) is 9.19. The van der Waals surface area contributed by atoms with Gasteiger partial charge in [0.15, 0.2) is 11.6 Å². The van der Waals surface area contributed by atoms with E-state index in [-0.39, 0.29) is 63.8 Å². The molecule has 0 N–H and O–H groups in total. The lowest BCUT2D eigenvalue weighted by atomic mass is 9.97. The fraction of sp³-hybridized carbons (Fsp3) is 0. The maximum atomic E-state index is 9.66. The first kappa shape index (κ1) is 29.6. The summed E-state index contributed by atoms with van der Waals surface area (Å²) in [6.07, 6.45) is 0. The lowest BCUT2D eigenvalue weighted by Gasteiger charge is -2.19. The molecule has 13 aromatic rings. The lowest BCUT2D eigenvalue weighted by Crippen LogP contribution is -2.08. The van der Waals surface area contributed by atoms with Crippen LogP contribution in [0, 0.1) is 0 Å². The van der Waals surface area contributed by atoms with Crippen molar-refractivity contribution in [2.75, 3.05) is 0 Å². The van der Waals surface area contributed by atoms with Crippen LogP contribution >= 0.6 is 0 Å². The SMILES string of the molecule is [2H]c1cc([2H])c2oc3c(-c4cccc(-c5nc(-c6ccccc6)nc(-n6c7ccccc7c7ccc(-c8ccccc8)cc76)n5)c4-n4c5ccccc5c5ccccc54)c([2H])c([2H])c([2H])c3c2c1[2H]. The van der Waals surface area contributed by atoms with Crippen molar-refractivity contribution >= 4 is 65.6 Å². The van der Waals surface area contributed by atoms with Crippen molar-refractivity contribution in [2.24, 2.45) is 0 Å². The number of nitrogens with zero attached hydrogens (tertiary/aromatic N) is 5. The quantitative estimate of drug-likeness (QED) is 0.168. The molecule has 0 unspecified atom stereocenters. The summed E-state index contributed by atoms with van der Waals surface area (Å²) in [5.41, 5.74) is 8.32. The molecule has 0 saturated carbocycles. The molecule has 13 rings (SSSR count). The molecule has 0 aliphatic heterocycles. The molecule has 6 nitrogen and oxygen atoms in total. The number of furan rings is 1. The molecule has 4 aromatic heterocycles. The van der Waals surface area contributed by atoms with Crippen LogP contribution in [0.2, 0.25) is 0 Å². The van der Waals surface area contributed by atoms with Gasteiger partial charge in [0.05, 0.1) is 36.0 Å². The maximum absolute atomic E-state index is 9.66. The number of hydrogen-bond donors (Lipinski definition) is 0. The standard InChI is InChI=1S/C57H35N5O/c1-3-17-36(18-4-1)38-33-34-42-41-23-9-13-31-50(41)62(51(42)35-38)57-59-55(37-19-5-2-6-20-37)58-56(60-57)47-28-15-25-44(46-27-16-26-45-43-24-10-14-32-52(43)63-54(45)46)53(47)61-48-29-11-7-21-39(48)40-22-8-12-30-49(40)61/h1-35H/i10D,16D,24D,26D,27D,32D. The number of fused-ring (bicyclic) bond motifs is 9. The first-order valence-electron chi connectivity index (χ1n) is 23.7. The molecule has 294 valence electrons. The number of hydrogen-bond acceptors (Lipinski definition) is 4. The summed E-state index contributed by atoms with van der Waals surface area (Å²) < 4.78 is 65.1. The Morgan fingerprint density at radius 3 is 1.71 bits per heavy atom. The molecule has 0 amide bonds. The minimum absolute atomic E-state index is 0.0107. The third kappa shape index (κ3) is 5.48. The largest absolute Gasteiger partial charge is 0.455 e. The van der Waals surface area contributed by atoms with E-state index in [0.717, 1.165) is 60.3 Å². The van der Waals surface area contributed by atoms with Gasteiger partial charge in [0.2, 0.25) is 5.95 Å². The normalized spacial score (nSPS) is 13.1. The second-order valence-corrected chi connectivity index (χ2v) is 15.5. The predicted molar refractivity (Wildman–Crippen MR) is 258 cm³/mol. The zero-order valence-electron chi connectivity index (χ0n) is 39.4. The third-order valence-electron chi connectivity index (χ3n) is 12.0. The number of aromatic nitrogens is 5. The van der Waals surface area contributed by atoms with Gasteiger partial charge in [-0.1, -0.05) is 176 Å². The van der Waals surface area contributed by atoms with Gasteiger partial charge < -0.3 is 8.98 Å². The highest BCUT2D eigenvalue weighted by Gasteiger charge is 2.25. The molecule has 9 aromatic carbocycles. The Morgan fingerprint density at radius 2 is 0.984 bits per heavy atom. The molecule has 0 aliphatic rings. The Morgan fingerprint density at radius 1 is 0.381 bits per heavy atom. The summed E-state index contributed by atoms with van der Waals surface area (Å²) in [6, 6.07) is 56.4. The summed E-state index contributed by atoms with van der Waals surface area (Å²) in [5.74, 6) is 1.15. The Labute approximate surface area is 370 Å². The monoisotopic (exact) mass is 811 g/mol. The van der Waals surface area contributed by atoms with Crippen LogP contribution in [0.1, 0.15) is 8.22 Å². The van der Waals surface area contributed by atoms with E-state index in [1.807, 2.05) is 115 Å². The van der Waals surface area contributed by atoms with Gasteiger partial charge in [-0.15, -0.1) is 0 Å². The van der Waals surface area contributed by atoms with Crippen molar-refractivity contribution in [2.45, 2.75) is 0 Å². The van der Waals surface area contributed by atoms with Crippen molar-refractivity contribution in [1.29, 1.82) is 0 Å². The summed E-state index contributed by atoms with van der Waals surface area (Å²) in [5, 5.41) is 4.23. The topological polar surface area (TPSA) is 61.7 Å². The summed E-state index contributed by atoms with van der Waals surface area (Å²) in [7, 11) is 0. The van der Waals surface area contributed by atoms with Crippen LogP contribution in [0.5, 0.6) is 0 Å². The lowest BCUT2D eigenvalue weighted by molar-refractivity contribution is 0.670. The minimum atomic E-state index is -0.380. The fourth-order valence-electron chi connectivity index (χ4n) is 9.19. The van der Waals surface area contributed by atoms with Crippen LogP contribution in [0.25, 0.3) is 122 Å². The van der Waals surface area contributed by atoms with Crippen LogP contribution in [0.3, 0.4) is 0 Å². The second kappa shape index (κ2) is 14.0. The molecule has 0 spiro atoms. The molecule has 0 atom stereocenters. The van der Waals surface area contributed by atoms with E-state index in [9.17, 15) is 4.11 Å². The summed E-state index contributed by atoms with van der Waals surface area (Å²) in [4.78, 5) is 16.0. The average molecular weight is 812 g/mol. The highest BCUT2D eigenvalue weighted by molar-refractivity contribution is 6.14.